The Labute approximate surface area is 332 Å². The number of azide groups is 2. The second-order valence-corrected chi connectivity index (χ2v) is 15.4. The number of nitrogens with zero attached hydrogens (tertiary/aromatic N) is 6. The molecule has 56 heavy (non-hydrogen) atoms. The summed E-state index contributed by atoms with van der Waals surface area (Å²) in [6, 6.07) is -2.38. The lowest BCUT2D eigenvalue weighted by Crippen LogP contribution is -2.43. The number of aliphatic carboxylic acids is 2. The number of hydrogen-bond acceptors (Lipinski definition) is 13. The molecule has 1 rings (SSSR count). The van der Waals surface area contributed by atoms with E-state index in [9.17, 15) is 33.6 Å². The van der Waals surface area contributed by atoms with Gasteiger partial charge in [-0.1, -0.05) is 34.8 Å². The predicted octanol–water partition coefficient (Wildman–Crippen LogP) is 5.76. The molecule has 0 spiro atoms. The van der Waals surface area contributed by atoms with E-state index in [2.05, 4.69) is 30.7 Å². The van der Waals surface area contributed by atoms with Crippen LogP contribution in [0.5, 0.6) is 0 Å². The van der Waals surface area contributed by atoms with Crippen molar-refractivity contribution in [3.63, 3.8) is 0 Å². The van der Waals surface area contributed by atoms with E-state index in [1.807, 2.05) is 0 Å². The van der Waals surface area contributed by atoms with Crippen LogP contribution in [-0.2, 0) is 47.8 Å². The summed E-state index contributed by atoms with van der Waals surface area (Å²) >= 11 is 0.764. The number of carbonyl (C=O) groups excluding carboxylic acids is 5. The minimum absolute atomic E-state index is 0.0499. The van der Waals surface area contributed by atoms with Crippen LogP contribution in [0.15, 0.2) is 10.2 Å². The van der Waals surface area contributed by atoms with Gasteiger partial charge in [-0.25, -0.2) is 4.79 Å². The van der Waals surface area contributed by atoms with Gasteiger partial charge in [0.25, 0.3) is 0 Å². The maximum Gasteiger partial charge on any atom is 0.326 e. The first kappa shape index (κ1) is 53.5. The van der Waals surface area contributed by atoms with Crippen LogP contribution in [0.1, 0.15) is 125 Å². The summed E-state index contributed by atoms with van der Waals surface area (Å²) in [6.45, 7) is 12.8. The van der Waals surface area contributed by atoms with E-state index in [0.29, 0.717) is 51.6 Å². The molecule has 2 unspecified atom stereocenters. The standard InChI is InChI=1S/C17H28N4O6S.C14H24N4O5.C4H8O/c1-17(2,3)27-15(25)11-12(16(26)28-10-8-14(23)24)20-13(22)7-5-4-6-9-19-21-18;1-14(2,3)23-12(20)9-10(13(21)22)17-11(19)7-5-4-6-8-16-18-15;1-2-4-5-3-1/h12H,4-11H2,1-3H3,(H,20,22)(H,23,24);10H,4-9H2,1-3H3,(H,17,19)(H,21,22);1-4H2. The first-order chi connectivity index (χ1) is 26.2. The third kappa shape index (κ3) is 36.4. The fraction of sp³-hybridized carbons (Fsp3) is 0.800. The highest BCUT2D eigenvalue weighted by molar-refractivity contribution is 8.13. The molecule has 21 heteroatoms. The zero-order valence-electron chi connectivity index (χ0n) is 33.5. The van der Waals surface area contributed by atoms with Gasteiger partial charge in [0.05, 0.1) is 19.3 Å². The van der Waals surface area contributed by atoms with Crippen molar-refractivity contribution >= 4 is 52.6 Å². The van der Waals surface area contributed by atoms with Gasteiger partial charge in [-0.05, 0) is 91.1 Å². The molecule has 1 fully saturated rings. The summed E-state index contributed by atoms with van der Waals surface area (Å²) in [5, 5.41) is 28.9. The van der Waals surface area contributed by atoms with E-state index in [1.165, 1.54) is 12.8 Å². The first-order valence-electron chi connectivity index (χ1n) is 18.4. The number of thioether (sulfide) groups is 1. The van der Waals surface area contributed by atoms with E-state index in [4.69, 9.17) is 35.5 Å². The lowest BCUT2D eigenvalue weighted by Gasteiger charge is -2.22. The highest BCUT2D eigenvalue weighted by atomic mass is 32.2. The van der Waals surface area contributed by atoms with Gasteiger partial charge in [-0.15, -0.1) is 0 Å². The summed E-state index contributed by atoms with van der Waals surface area (Å²) in [5.74, 6) is -4.40. The molecule has 1 aliphatic heterocycles. The lowest BCUT2D eigenvalue weighted by molar-refractivity contribution is -0.158. The van der Waals surface area contributed by atoms with Gasteiger partial charge >= 0.3 is 23.9 Å². The third-order valence-corrected chi connectivity index (χ3v) is 7.65. The van der Waals surface area contributed by atoms with Crippen LogP contribution in [0.2, 0.25) is 0 Å². The van der Waals surface area contributed by atoms with Crippen LogP contribution < -0.4 is 10.6 Å². The van der Waals surface area contributed by atoms with Crippen molar-refractivity contribution in [2.24, 2.45) is 10.2 Å². The smallest absolute Gasteiger partial charge is 0.326 e. The Kier molecular flexibility index (Phi) is 30.2. The Morgan fingerprint density at radius 2 is 1.12 bits per heavy atom. The molecule has 0 aliphatic carbocycles. The number of amides is 2. The minimum atomic E-state index is -1.31. The highest BCUT2D eigenvalue weighted by Gasteiger charge is 2.28. The van der Waals surface area contributed by atoms with Gasteiger partial charge in [-0.3, -0.25) is 28.8 Å². The topological polar surface area (TPSA) is 309 Å². The minimum Gasteiger partial charge on any atom is -0.481 e. The van der Waals surface area contributed by atoms with E-state index in [1.54, 1.807) is 41.5 Å². The molecule has 2 atom stereocenters. The van der Waals surface area contributed by atoms with Crippen LogP contribution in [0, 0.1) is 0 Å². The third-order valence-electron chi connectivity index (χ3n) is 6.67. The van der Waals surface area contributed by atoms with Crippen molar-refractivity contribution in [2.75, 3.05) is 32.1 Å². The van der Waals surface area contributed by atoms with E-state index < -0.39 is 64.6 Å². The summed E-state index contributed by atoms with van der Waals surface area (Å²) in [5.41, 5.74) is 14.9. The number of nitrogens with one attached hydrogen (secondary N) is 2. The lowest BCUT2D eigenvalue weighted by atomic mass is 10.1. The van der Waals surface area contributed by atoms with Gasteiger partial charge in [0.2, 0.25) is 16.9 Å². The number of unbranched alkanes of at least 4 members (excludes halogenated alkanes) is 4. The van der Waals surface area contributed by atoms with Crippen molar-refractivity contribution < 1.29 is 58.0 Å². The van der Waals surface area contributed by atoms with Crippen molar-refractivity contribution in [2.45, 2.75) is 148 Å². The van der Waals surface area contributed by atoms with Crippen LogP contribution in [0.25, 0.3) is 20.9 Å². The molecule has 0 bridgehead atoms. The summed E-state index contributed by atoms with van der Waals surface area (Å²) < 4.78 is 15.2. The average Bonchev–Trinajstić information content (AvgIpc) is 3.66. The van der Waals surface area contributed by atoms with Crippen molar-refractivity contribution in [3.05, 3.63) is 20.9 Å². The molecule has 0 saturated carbocycles. The van der Waals surface area contributed by atoms with Gasteiger partial charge in [0.1, 0.15) is 23.3 Å². The Bertz CT molecular complexity index is 1330. The number of esters is 2. The molecule has 4 N–H and O–H groups in total. The number of carboxylic acid groups (broad SMARTS) is 2. The Hall–Kier alpha value is -4.58. The van der Waals surface area contributed by atoms with Gasteiger partial charge in [0.15, 0.2) is 0 Å². The SMILES string of the molecule is C1CCOC1.CC(C)(C)OC(=O)CC(NC(=O)CCCCCN=[N+]=[N-])C(=O)O.CC(C)(C)OC(=O)CC(NC(=O)CCCCCN=[N+]=[N-])C(=O)SCCC(=O)O. The number of rotatable bonds is 23. The molecule has 318 valence electrons. The van der Waals surface area contributed by atoms with Crippen LogP contribution in [0.4, 0.5) is 0 Å². The van der Waals surface area contributed by atoms with Gasteiger partial charge in [-0.2, -0.15) is 0 Å². The Balaban J connectivity index is 0. The largest absolute Gasteiger partial charge is 0.481 e. The molecule has 0 aromatic rings. The summed E-state index contributed by atoms with van der Waals surface area (Å²) in [6.07, 6.45) is 5.71. The molecule has 1 aliphatic rings. The molecule has 1 heterocycles. The van der Waals surface area contributed by atoms with Crippen LogP contribution in [0.3, 0.4) is 0 Å². The fourth-order valence-electron chi connectivity index (χ4n) is 4.26. The number of hydrogen-bond donors (Lipinski definition) is 4. The molecule has 1 saturated heterocycles. The quantitative estimate of drug-likeness (QED) is 0.0314. The maximum atomic E-state index is 12.3. The number of carboxylic acids is 2. The second-order valence-electron chi connectivity index (χ2n) is 14.3. The van der Waals surface area contributed by atoms with Crippen molar-refractivity contribution in [1.29, 1.82) is 0 Å². The average molecular weight is 817 g/mol. The molecule has 20 nitrogen and oxygen atoms in total. The predicted molar refractivity (Wildman–Crippen MR) is 207 cm³/mol. The number of ether oxygens (including phenoxy) is 3. The van der Waals surface area contributed by atoms with E-state index >= 15 is 0 Å². The van der Waals surface area contributed by atoms with Gasteiger partial charge < -0.3 is 35.1 Å². The van der Waals surface area contributed by atoms with Crippen LogP contribution in [-0.4, -0.2) is 106 Å². The normalized spacial score (nSPS) is 13.0. The Morgan fingerprint density at radius 1 is 0.696 bits per heavy atom. The van der Waals surface area contributed by atoms with Crippen LogP contribution >= 0.6 is 11.8 Å². The first-order valence-corrected chi connectivity index (χ1v) is 19.4. The summed E-state index contributed by atoms with van der Waals surface area (Å²) in [4.78, 5) is 86.7. The maximum absolute atomic E-state index is 12.3. The highest BCUT2D eigenvalue weighted by Crippen LogP contribution is 2.15. The van der Waals surface area contributed by atoms with Gasteiger partial charge in [0, 0.05) is 54.7 Å². The van der Waals surface area contributed by atoms with Crippen molar-refractivity contribution in [3.8, 4) is 0 Å². The molecule has 0 aromatic carbocycles. The van der Waals surface area contributed by atoms with E-state index in [0.717, 1.165) is 25.0 Å². The monoisotopic (exact) mass is 816 g/mol. The Morgan fingerprint density at radius 3 is 1.48 bits per heavy atom. The molecule has 2 amide bonds. The van der Waals surface area contributed by atoms with Crippen molar-refractivity contribution in [1.82, 2.24) is 10.6 Å². The zero-order valence-corrected chi connectivity index (χ0v) is 34.3. The summed E-state index contributed by atoms with van der Waals surface area (Å²) in [7, 11) is 0. The molecule has 0 radical (unpaired) electrons. The number of carbonyl (C=O) groups is 7. The second kappa shape index (κ2) is 31.6. The molecular weight excluding hydrogens is 756 g/mol. The zero-order chi connectivity index (χ0) is 43.0. The van der Waals surface area contributed by atoms with E-state index in [-0.39, 0.29) is 37.3 Å². The fourth-order valence-corrected chi connectivity index (χ4v) is 5.08. The molecular formula is C35H60N8O12S. The molecule has 0 aromatic heterocycles.